The molecule has 0 radical (unpaired) electrons. The third kappa shape index (κ3) is 2.87. The topological polar surface area (TPSA) is 81.9 Å². The quantitative estimate of drug-likeness (QED) is 0.545. The summed E-state index contributed by atoms with van der Waals surface area (Å²) >= 11 is 0. The van der Waals surface area contributed by atoms with Gasteiger partial charge in [0.25, 0.3) is 0 Å². The van der Waals surface area contributed by atoms with Crippen LogP contribution in [0, 0.1) is 0 Å². The summed E-state index contributed by atoms with van der Waals surface area (Å²) in [6, 6.07) is 9.64. The molecule has 0 aromatic carbocycles. The van der Waals surface area contributed by atoms with E-state index in [1.165, 1.54) is 0 Å². The van der Waals surface area contributed by atoms with Crippen LogP contribution in [0.1, 0.15) is 0 Å². The molecular formula is C20H19N7O. The molecule has 0 amide bonds. The van der Waals surface area contributed by atoms with Crippen molar-refractivity contribution in [2.24, 2.45) is 7.05 Å². The summed E-state index contributed by atoms with van der Waals surface area (Å²) in [4.78, 5) is 25.3. The molecule has 5 rings (SSSR count). The Morgan fingerprint density at radius 3 is 2.50 bits per heavy atom. The molecule has 0 N–H and O–H groups in total. The lowest BCUT2D eigenvalue weighted by Gasteiger charge is -2.28. The van der Waals surface area contributed by atoms with E-state index in [2.05, 4.69) is 14.9 Å². The maximum Gasteiger partial charge on any atom is 0.182 e. The number of hydrogen-bond donors (Lipinski definition) is 0. The number of imidazole rings is 1. The Morgan fingerprint density at radius 1 is 0.929 bits per heavy atom. The first-order chi connectivity index (χ1) is 13.8. The molecule has 140 valence electrons. The van der Waals surface area contributed by atoms with E-state index in [4.69, 9.17) is 19.7 Å². The van der Waals surface area contributed by atoms with E-state index in [1.54, 1.807) is 18.6 Å². The van der Waals surface area contributed by atoms with Gasteiger partial charge in [0.15, 0.2) is 22.8 Å². The van der Waals surface area contributed by atoms with Crippen molar-refractivity contribution in [2.45, 2.75) is 0 Å². The number of anilines is 1. The molecule has 28 heavy (non-hydrogen) atoms. The van der Waals surface area contributed by atoms with Crippen LogP contribution in [-0.2, 0) is 11.8 Å². The first-order valence-electron chi connectivity index (χ1n) is 9.20. The van der Waals surface area contributed by atoms with Crippen molar-refractivity contribution in [3.63, 3.8) is 0 Å². The van der Waals surface area contributed by atoms with Crippen molar-refractivity contribution >= 4 is 17.0 Å². The van der Waals surface area contributed by atoms with Crippen LogP contribution >= 0.6 is 0 Å². The lowest BCUT2D eigenvalue weighted by atomic mass is 10.2. The molecule has 0 spiro atoms. The number of aryl methyl sites for hydroxylation is 1. The summed E-state index contributed by atoms with van der Waals surface area (Å²) in [5.41, 5.74) is 3.30. The van der Waals surface area contributed by atoms with Crippen molar-refractivity contribution in [2.75, 3.05) is 31.2 Å². The minimum absolute atomic E-state index is 0.596. The van der Waals surface area contributed by atoms with E-state index < -0.39 is 0 Å². The maximum absolute atomic E-state index is 5.52. The summed E-state index contributed by atoms with van der Waals surface area (Å²) in [6.45, 7) is 2.90. The van der Waals surface area contributed by atoms with Crippen LogP contribution in [0.5, 0.6) is 0 Å². The first-order valence-corrected chi connectivity index (χ1v) is 9.20. The molecule has 0 saturated carbocycles. The van der Waals surface area contributed by atoms with Crippen LogP contribution in [0.25, 0.3) is 34.1 Å². The Labute approximate surface area is 161 Å². The number of morpholine rings is 1. The summed E-state index contributed by atoms with van der Waals surface area (Å²) < 4.78 is 7.52. The van der Waals surface area contributed by atoms with Crippen LogP contribution in [-0.4, -0.2) is 55.8 Å². The zero-order valence-electron chi connectivity index (χ0n) is 15.5. The summed E-state index contributed by atoms with van der Waals surface area (Å²) in [6.07, 6.45) is 5.29. The van der Waals surface area contributed by atoms with Crippen molar-refractivity contribution in [3.05, 3.63) is 48.9 Å². The normalized spacial score (nSPS) is 14.5. The van der Waals surface area contributed by atoms with Gasteiger partial charge < -0.3 is 14.2 Å². The van der Waals surface area contributed by atoms with E-state index in [0.29, 0.717) is 19.0 Å². The monoisotopic (exact) mass is 373 g/mol. The van der Waals surface area contributed by atoms with Gasteiger partial charge in [0.2, 0.25) is 0 Å². The molecule has 1 fully saturated rings. The number of fused-ring (bicyclic) bond motifs is 1. The SMILES string of the molecule is Cn1c(-c2ccncc2)nc2c(N3CCOCC3)nc(-c3ccccn3)nc21. The average molecular weight is 373 g/mol. The minimum atomic E-state index is 0.596. The third-order valence-electron chi connectivity index (χ3n) is 4.84. The van der Waals surface area contributed by atoms with Crippen LogP contribution in [0.4, 0.5) is 5.82 Å². The van der Waals surface area contributed by atoms with E-state index in [-0.39, 0.29) is 0 Å². The molecule has 8 nitrogen and oxygen atoms in total. The highest BCUT2D eigenvalue weighted by atomic mass is 16.5. The molecule has 1 aliphatic heterocycles. The summed E-state index contributed by atoms with van der Waals surface area (Å²) in [5.74, 6) is 2.25. The Morgan fingerprint density at radius 2 is 1.75 bits per heavy atom. The first kappa shape index (κ1) is 16.8. The van der Waals surface area contributed by atoms with Gasteiger partial charge in [-0.1, -0.05) is 6.07 Å². The second-order valence-corrected chi connectivity index (χ2v) is 6.59. The second kappa shape index (κ2) is 6.97. The van der Waals surface area contributed by atoms with Gasteiger partial charge in [-0.15, -0.1) is 0 Å². The highest BCUT2D eigenvalue weighted by Gasteiger charge is 2.23. The Hall–Kier alpha value is -3.39. The van der Waals surface area contributed by atoms with Gasteiger partial charge in [-0.05, 0) is 24.3 Å². The predicted octanol–water partition coefficient (Wildman–Crippen LogP) is 2.32. The fourth-order valence-electron chi connectivity index (χ4n) is 3.41. The van der Waals surface area contributed by atoms with E-state index in [9.17, 15) is 0 Å². The van der Waals surface area contributed by atoms with Gasteiger partial charge in [0.1, 0.15) is 11.5 Å². The Bertz CT molecular complexity index is 1110. The molecule has 1 saturated heterocycles. The van der Waals surface area contributed by atoms with Crippen molar-refractivity contribution in [3.8, 4) is 22.9 Å². The largest absolute Gasteiger partial charge is 0.378 e. The molecule has 0 atom stereocenters. The molecule has 0 aliphatic carbocycles. The summed E-state index contributed by atoms with van der Waals surface area (Å²) in [7, 11) is 1.98. The van der Waals surface area contributed by atoms with Gasteiger partial charge in [-0.25, -0.2) is 15.0 Å². The highest BCUT2D eigenvalue weighted by Crippen LogP contribution is 2.30. The van der Waals surface area contributed by atoms with E-state index in [1.807, 2.05) is 41.9 Å². The molecule has 4 aromatic rings. The van der Waals surface area contributed by atoms with Crippen LogP contribution < -0.4 is 4.90 Å². The fraction of sp³-hybridized carbons (Fsp3) is 0.250. The summed E-state index contributed by atoms with van der Waals surface area (Å²) in [5, 5.41) is 0. The molecule has 4 aromatic heterocycles. The van der Waals surface area contributed by atoms with Gasteiger partial charge in [0, 0.05) is 44.3 Å². The van der Waals surface area contributed by atoms with Gasteiger partial charge in [-0.2, -0.15) is 0 Å². The molecule has 1 aliphatic rings. The van der Waals surface area contributed by atoms with Gasteiger partial charge >= 0.3 is 0 Å². The van der Waals surface area contributed by atoms with Crippen LogP contribution in [0.2, 0.25) is 0 Å². The Kier molecular flexibility index (Phi) is 4.17. The molecule has 0 bridgehead atoms. The van der Waals surface area contributed by atoms with Crippen LogP contribution in [0.15, 0.2) is 48.9 Å². The fourth-order valence-corrected chi connectivity index (χ4v) is 3.41. The zero-order chi connectivity index (χ0) is 18.9. The van der Waals surface area contributed by atoms with Crippen molar-refractivity contribution in [1.82, 2.24) is 29.5 Å². The average Bonchev–Trinajstić information content (AvgIpc) is 3.11. The van der Waals surface area contributed by atoms with Gasteiger partial charge in [-0.3, -0.25) is 9.97 Å². The number of nitrogens with zero attached hydrogens (tertiary/aromatic N) is 7. The predicted molar refractivity (Wildman–Crippen MR) is 106 cm³/mol. The molecule has 0 unspecified atom stereocenters. The standard InChI is InChI=1S/C20H19N7O/c1-26-18(14-5-8-21-9-6-14)23-16-19(26)24-17(15-4-2-3-7-22-15)25-20(16)27-10-12-28-13-11-27/h2-9H,10-13H2,1H3. The van der Waals surface area contributed by atoms with Gasteiger partial charge in [0.05, 0.1) is 13.2 Å². The Balaban J connectivity index is 1.74. The van der Waals surface area contributed by atoms with Crippen LogP contribution in [0.3, 0.4) is 0 Å². The lowest BCUT2D eigenvalue weighted by Crippen LogP contribution is -2.37. The smallest absolute Gasteiger partial charge is 0.182 e. The number of hydrogen-bond acceptors (Lipinski definition) is 7. The number of aromatic nitrogens is 6. The van der Waals surface area contributed by atoms with E-state index >= 15 is 0 Å². The van der Waals surface area contributed by atoms with Crippen molar-refractivity contribution < 1.29 is 4.74 Å². The van der Waals surface area contributed by atoms with Crippen molar-refractivity contribution in [1.29, 1.82) is 0 Å². The molecule has 8 heteroatoms. The van der Waals surface area contributed by atoms with E-state index in [0.717, 1.165) is 47.2 Å². The highest BCUT2D eigenvalue weighted by molar-refractivity contribution is 5.88. The number of ether oxygens (including phenoxy) is 1. The second-order valence-electron chi connectivity index (χ2n) is 6.59. The third-order valence-corrected chi connectivity index (χ3v) is 4.84. The lowest BCUT2D eigenvalue weighted by molar-refractivity contribution is 0.122. The number of pyridine rings is 2. The molecular weight excluding hydrogens is 354 g/mol. The number of rotatable bonds is 3. The zero-order valence-corrected chi connectivity index (χ0v) is 15.5. The minimum Gasteiger partial charge on any atom is -0.378 e. The molecule has 5 heterocycles. The maximum atomic E-state index is 5.52.